The van der Waals surface area contributed by atoms with Gasteiger partial charge in [0, 0.05) is 31.4 Å². The van der Waals surface area contributed by atoms with Gasteiger partial charge in [-0.25, -0.2) is 0 Å². The molecule has 0 spiro atoms. The largest absolute Gasteiger partial charge is 0.366 e. The predicted octanol–water partition coefficient (Wildman–Crippen LogP) is 2.44. The molecule has 0 saturated carbocycles. The quantitative estimate of drug-likeness (QED) is 0.838. The van der Waals surface area contributed by atoms with Crippen LogP contribution in [0.1, 0.15) is 25.8 Å². The number of hydrogen-bond acceptors (Lipinski definition) is 2. The summed E-state index contributed by atoms with van der Waals surface area (Å²) in [6.45, 7) is 7.88. The molecule has 0 aromatic heterocycles. The molecule has 1 aromatic rings. The third-order valence-electron chi connectivity index (χ3n) is 3.32. The Kier molecular flexibility index (Phi) is 3.83. The molecule has 1 saturated heterocycles. The van der Waals surface area contributed by atoms with Gasteiger partial charge in [0.15, 0.2) is 0 Å². The van der Waals surface area contributed by atoms with Crippen molar-refractivity contribution in [3.63, 3.8) is 0 Å². The van der Waals surface area contributed by atoms with Gasteiger partial charge in [0.1, 0.15) is 0 Å². The molecule has 1 aliphatic heterocycles. The molecule has 2 heteroatoms. The standard InChI is InChI=1S/C14H22N2/c1-3-6-13-7-4-5-8-14(13)16-10-9-15-11-12(16)2/h4-5,7-8,12,15H,3,6,9-11H2,1-2H3. The molecule has 2 rings (SSSR count). The summed E-state index contributed by atoms with van der Waals surface area (Å²) in [6.07, 6.45) is 2.41. The zero-order chi connectivity index (χ0) is 11.4. The number of piperazine rings is 1. The Labute approximate surface area is 98.7 Å². The number of aryl methyl sites for hydroxylation is 1. The first-order chi connectivity index (χ1) is 7.83. The minimum atomic E-state index is 0.603. The van der Waals surface area contributed by atoms with Crippen LogP contribution < -0.4 is 10.2 Å². The maximum absolute atomic E-state index is 3.44. The maximum Gasteiger partial charge on any atom is 0.0402 e. The van der Waals surface area contributed by atoms with Crippen LogP contribution in [0.3, 0.4) is 0 Å². The third-order valence-corrected chi connectivity index (χ3v) is 3.32. The number of anilines is 1. The smallest absolute Gasteiger partial charge is 0.0402 e. The molecule has 0 radical (unpaired) electrons. The molecular formula is C14H22N2. The molecule has 1 N–H and O–H groups in total. The van der Waals surface area contributed by atoms with E-state index >= 15 is 0 Å². The van der Waals surface area contributed by atoms with Crippen molar-refractivity contribution in [3.8, 4) is 0 Å². The first-order valence-corrected chi connectivity index (χ1v) is 6.38. The van der Waals surface area contributed by atoms with Crippen molar-refractivity contribution in [3.05, 3.63) is 29.8 Å². The second-order valence-corrected chi connectivity index (χ2v) is 4.63. The van der Waals surface area contributed by atoms with E-state index in [1.165, 1.54) is 24.1 Å². The third kappa shape index (κ3) is 2.38. The van der Waals surface area contributed by atoms with Crippen molar-refractivity contribution in [1.29, 1.82) is 0 Å². The van der Waals surface area contributed by atoms with E-state index in [2.05, 4.69) is 48.3 Å². The zero-order valence-electron chi connectivity index (χ0n) is 10.4. The van der Waals surface area contributed by atoms with Crippen LogP contribution in [0.25, 0.3) is 0 Å². The summed E-state index contributed by atoms with van der Waals surface area (Å²) in [4.78, 5) is 2.54. The van der Waals surface area contributed by atoms with Crippen LogP contribution in [0.2, 0.25) is 0 Å². The van der Waals surface area contributed by atoms with Crippen molar-refractivity contribution in [2.45, 2.75) is 32.7 Å². The summed E-state index contributed by atoms with van der Waals surface area (Å²) in [7, 11) is 0. The van der Waals surface area contributed by atoms with Crippen LogP contribution in [-0.2, 0) is 6.42 Å². The van der Waals surface area contributed by atoms with Crippen LogP contribution in [0, 0.1) is 0 Å². The molecule has 0 aliphatic carbocycles. The molecule has 1 aromatic carbocycles. The number of nitrogens with zero attached hydrogens (tertiary/aromatic N) is 1. The first kappa shape index (κ1) is 11.5. The fourth-order valence-electron chi connectivity index (χ4n) is 2.47. The predicted molar refractivity (Wildman–Crippen MR) is 70.1 cm³/mol. The molecule has 0 amide bonds. The van der Waals surface area contributed by atoms with Gasteiger partial charge in [-0.1, -0.05) is 31.5 Å². The van der Waals surface area contributed by atoms with E-state index in [1.54, 1.807) is 0 Å². The highest BCUT2D eigenvalue weighted by Crippen LogP contribution is 2.24. The van der Waals surface area contributed by atoms with E-state index in [1.807, 2.05) is 0 Å². The highest BCUT2D eigenvalue weighted by Gasteiger charge is 2.19. The topological polar surface area (TPSA) is 15.3 Å². The van der Waals surface area contributed by atoms with Crippen LogP contribution in [0.15, 0.2) is 24.3 Å². The summed E-state index contributed by atoms with van der Waals surface area (Å²) in [6, 6.07) is 9.46. The van der Waals surface area contributed by atoms with Crippen LogP contribution in [-0.4, -0.2) is 25.7 Å². The molecule has 1 atom stereocenters. The number of benzene rings is 1. The zero-order valence-corrected chi connectivity index (χ0v) is 10.4. The average molecular weight is 218 g/mol. The first-order valence-electron chi connectivity index (χ1n) is 6.38. The number of hydrogen-bond donors (Lipinski definition) is 1. The van der Waals surface area contributed by atoms with Gasteiger partial charge >= 0.3 is 0 Å². The summed E-state index contributed by atoms with van der Waals surface area (Å²) < 4.78 is 0. The van der Waals surface area contributed by atoms with Gasteiger partial charge in [0.25, 0.3) is 0 Å². The lowest BCUT2D eigenvalue weighted by atomic mass is 10.0. The average Bonchev–Trinajstić information content (AvgIpc) is 2.31. The van der Waals surface area contributed by atoms with Gasteiger partial charge < -0.3 is 10.2 Å². The van der Waals surface area contributed by atoms with Crippen molar-refractivity contribution in [2.24, 2.45) is 0 Å². The molecular weight excluding hydrogens is 196 g/mol. The lowest BCUT2D eigenvalue weighted by molar-refractivity contribution is 0.499. The van der Waals surface area contributed by atoms with E-state index < -0.39 is 0 Å². The van der Waals surface area contributed by atoms with Crippen LogP contribution >= 0.6 is 0 Å². The van der Waals surface area contributed by atoms with Crippen molar-refractivity contribution < 1.29 is 0 Å². The van der Waals surface area contributed by atoms with Gasteiger partial charge in [-0.3, -0.25) is 0 Å². The Morgan fingerprint density at radius 1 is 1.38 bits per heavy atom. The van der Waals surface area contributed by atoms with E-state index in [9.17, 15) is 0 Å². The Hall–Kier alpha value is -1.02. The van der Waals surface area contributed by atoms with E-state index in [0.29, 0.717) is 6.04 Å². The Morgan fingerprint density at radius 2 is 2.19 bits per heavy atom. The summed E-state index contributed by atoms with van der Waals surface area (Å²) in [5.74, 6) is 0. The maximum atomic E-state index is 3.44. The Bertz CT molecular complexity index is 335. The molecule has 16 heavy (non-hydrogen) atoms. The summed E-state index contributed by atoms with van der Waals surface area (Å²) >= 11 is 0. The molecule has 1 aliphatic rings. The van der Waals surface area contributed by atoms with Crippen molar-refractivity contribution in [1.82, 2.24) is 5.32 Å². The monoisotopic (exact) mass is 218 g/mol. The van der Waals surface area contributed by atoms with Crippen molar-refractivity contribution >= 4 is 5.69 Å². The second kappa shape index (κ2) is 5.35. The van der Waals surface area contributed by atoms with E-state index in [-0.39, 0.29) is 0 Å². The van der Waals surface area contributed by atoms with Gasteiger partial charge in [-0.2, -0.15) is 0 Å². The summed E-state index contributed by atoms with van der Waals surface area (Å²) in [5, 5.41) is 3.44. The van der Waals surface area contributed by atoms with E-state index in [0.717, 1.165) is 19.6 Å². The van der Waals surface area contributed by atoms with Gasteiger partial charge in [-0.15, -0.1) is 0 Å². The van der Waals surface area contributed by atoms with Crippen LogP contribution in [0.5, 0.6) is 0 Å². The molecule has 1 heterocycles. The molecule has 88 valence electrons. The molecule has 1 unspecified atom stereocenters. The number of para-hydroxylation sites is 1. The number of rotatable bonds is 3. The highest BCUT2D eigenvalue weighted by molar-refractivity contribution is 5.54. The Balaban J connectivity index is 2.23. The molecule has 2 nitrogen and oxygen atoms in total. The van der Waals surface area contributed by atoms with Gasteiger partial charge in [0.05, 0.1) is 0 Å². The number of nitrogens with one attached hydrogen (secondary N) is 1. The fraction of sp³-hybridized carbons (Fsp3) is 0.571. The summed E-state index contributed by atoms with van der Waals surface area (Å²) in [5.41, 5.74) is 2.94. The lowest BCUT2D eigenvalue weighted by Gasteiger charge is -2.37. The Morgan fingerprint density at radius 3 is 2.94 bits per heavy atom. The molecule has 1 fully saturated rings. The lowest BCUT2D eigenvalue weighted by Crippen LogP contribution is -2.50. The van der Waals surface area contributed by atoms with E-state index in [4.69, 9.17) is 0 Å². The normalized spacial score (nSPS) is 21.1. The second-order valence-electron chi connectivity index (χ2n) is 4.63. The SMILES string of the molecule is CCCc1ccccc1N1CCNCC1C. The molecule has 0 bridgehead atoms. The van der Waals surface area contributed by atoms with Crippen LogP contribution in [0.4, 0.5) is 5.69 Å². The van der Waals surface area contributed by atoms with Crippen molar-refractivity contribution in [2.75, 3.05) is 24.5 Å². The van der Waals surface area contributed by atoms with Gasteiger partial charge in [-0.05, 0) is 25.0 Å². The highest BCUT2D eigenvalue weighted by atomic mass is 15.2. The fourth-order valence-corrected chi connectivity index (χ4v) is 2.47. The van der Waals surface area contributed by atoms with Gasteiger partial charge in [0.2, 0.25) is 0 Å². The minimum Gasteiger partial charge on any atom is -0.366 e. The minimum absolute atomic E-state index is 0.603.